The monoisotopic (exact) mass is 402 g/mol. The molecule has 7 nitrogen and oxygen atoms in total. The van der Waals surface area contributed by atoms with Crippen molar-refractivity contribution in [2.45, 2.75) is 32.4 Å². The van der Waals surface area contributed by atoms with Crippen molar-refractivity contribution in [3.8, 4) is 11.4 Å². The average molecular weight is 402 g/mol. The van der Waals surface area contributed by atoms with Crippen molar-refractivity contribution in [2.75, 3.05) is 7.11 Å². The number of aryl methyl sites for hydroxylation is 1. The van der Waals surface area contributed by atoms with Gasteiger partial charge in [-0.3, -0.25) is 9.36 Å². The highest BCUT2D eigenvalue weighted by Crippen LogP contribution is 2.32. The Hall–Kier alpha value is -3.61. The summed E-state index contributed by atoms with van der Waals surface area (Å²) in [5.74, 6) is 0.635. The number of imidazole rings is 1. The molecule has 0 amide bonds. The van der Waals surface area contributed by atoms with Gasteiger partial charge in [0.15, 0.2) is 11.2 Å². The molecule has 4 aromatic rings. The van der Waals surface area contributed by atoms with Gasteiger partial charge in [0.05, 0.1) is 19.1 Å². The van der Waals surface area contributed by atoms with Gasteiger partial charge in [-0.25, -0.2) is 14.3 Å². The molecule has 0 spiro atoms. The minimum Gasteiger partial charge on any atom is -0.497 e. The lowest BCUT2D eigenvalue weighted by Gasteiger charge is -2.13. The largest absolute Gasteiger partial charge is 0.497 e. The molecule has 5 rings (SSSR count). The lowest BCUT2D eigenvalue weighted by Crippen LogP contribution is -2.39. The summed E-state index contributed by atoms with van der Waals surface area (Å²) in [6.45, 7) is 2.55. The average Bonchev–Trinajstić information content (AvgIpc) is 3.50. The SMILES string of the molecule is COc1cccc(-n2c(=O)n(C3CC3)c(=O)c3c2ncn3Cc2ccc(C)cc2)c1. The molecule has 0 atom stereocenters. The van der Waals surface area contributed by atoms with Crippen molar-refractivity contribution in [1.82, 2.24) is 18.7 Å². The molecule has 2 aromatic heterocycles. The molecule has 1 fully saturated rings. The second-order valence-electron chi connectivity index (χ2n) is 7.76. The van der Waals surface area contributed by atoms with E-state index in [9.17, 15) is 9.59 Å². The van der Waals surface area contributed by atoms with Gasteiger partial charge in [-0.15, -0.1) is 0 Å². The molecule has 0 N–H and O–H groups in total. The zero-order chi connectivity index (χ0) is 20.8. The Bertz CT molecular complexity index is 1360. The number of aromatic nitrogens is 4. The van der Waals surface area contributed by atoms with Gasteiger partial charge in [-0.1, -0.05) is 35.9 Å². The van der Waals surface area contributed by atoms with Crippen LogP contribution in [0.15, 0.2) is 64.4 Å². The van der Waals surface area contributed by atoms with E-state index in [2.05, 4.69) is 4.98 Å². The zero-order valence-corrected chi connectivity index (χ0v) is 16.9. The smallest absolute Gasteiger partial charge is 0.337 e. The van der Waals surface area contributed by atoms with Crippen LogP contribution in [0.2, 0.25) is 0 Å². The molecule has 0 aliphatic heterocycles. The predicted molar refractivity (Wildman–Crippen MR) is 115 cm³/mol. The summed E-state index contributed by atoms with van der Waals surface area (Å²) in [5.41, 5.74) is 3.03. The van der Waals surface area contributed by atoms with Crippen LogP contribution in [0.25, 0.3) is 16.9 Å². The van der Waals surface area contributed by atoms with Crippen LogP contribution in [0, 0.1) is 6.92 Å². The fourth-order valence-corrected chi connectivity index (χ4v) is 3.80. The van der Waals surface area contributed by atoms with Crippen molar-refractivity contribution in [3.63, 3.8) is 0 Å². The Morgan fingerprint density at radius 2 is 1.87 bits per heavy atom. The van der Waals surface area contributed by atoms with Crippen LogP contribution in [-0.4, -0.2) is 25.8 Å². The van der Waals surface area contributed by atoms with Crippen LogP contribution in [-0.2, 0) is 6.54 Å². The fraction of sp³-hybridized carbons (Fsp3) is 0.261. The van der Waals surface area contributed by atoms with E-state index in [1.807, 2.05) is 54.0 Å². The Morgan fingerprint density at radius 3 is 2.57 bits per heavy atom. The van der Waals surface area contributed by atoms with Crippen LogP contribution in [0.3, 0.4) is 0 Å². The molecule has 7 heteroatoms. The first-order chi connectivity index (χ1) is 14.6. The number of nitrogens with zero attached hydrogens (tertiary/aromatic N) is 4. The van der Waals surface area contributed by atoms with Crippen LogP contribution in [0.5, 0.6) is 5.75 Å². The lowest BCUT2D eigenvalue weighted by molar-refractivity contribution is 0.414. The molecule has 1 aliphatic rings. The van der Waals surface area contributed by atoms with E-state index in [-0.39, 0.29) is 17.3 Å². The highest BCUT2D eigenvalue weighted by molar-refractivity contribution is 5.72. The number of ether oxygens (including phenoxy) is 1. The Balaban J connectivity index is 1.76. The zero-order valence-electron chi connectivity index (χ0n) is 16.9. The van der Waals surface area contributed by atoms with Gasteiger partial charge >= 0.3 is 5.69 Å². The van der Waals surface area contributed by atoms with E-state index in [0.717, 1.165) is 18.4 Å². The van der Waals surface area contributed by atoms with Crippen molar-refractivity contribution in [2.24, 2.45) is 0 Å². The highest BCUT2D eigenvalue weighted by atomic mass is 16.5. The molecular weight excluding hydrogens is 380 g/mol. The molecule has 2 aromatic carbocycles. The standard InChI is InChI=1S/C23H22N4O3/c1-15-6-8-16(9-7-15)13-25-14-24-21-20(25)22(28)27(17-10-11-17)23(29)26(21)18-4-3-5-19(12-18)30-2/h3-9,12,14,17H,10-11,13H2,1-2H3. The molecule has 152 valence electrons. The van der Waals surface area contributed by atoms with E-state index in [1.165, 1.54) is 14.7 Å². The van der Waals surface area contributed by atoms with Crippen LogP contribution >= 0.6 is 0 Å². The number of hydrogen-bond acceptors (Lipinski definition) is 4. The highest BCUT2D eigenvalue weighted by Gasteiger charge is 2.30. The van der Waals surface area contributed by atoms with Crippen molar-refractivity contribution in [3.05, 3.63) is 86.8 Å². The summed E-state index contributed by atoms with van der Waals surface area (Å²) in [6.07, 6.45) is 3.31. The first-order valence-electron chi connectivity index (χ1n) is 9.99. The number of rotatable bonds is 5. The molecular formula is C23H22N4O3. The second kappa shape index (κ2) is 7.02. The summed E-state index contributed by atoms with van der Waals surface area (Å²) < 4.78 is 10.1. The number of hydrogen-bond donors (Lipinski definition) is 0. The first-order valence-corrected chi connectivity index (χ1v) is 9.99. The van der Waals surface area contributed by atoms with Crippen molar-refractivity contribution >= 4 is 11.2 Å². The molecule has 0 unspecified atom stereocenters. The topological polar surface area (TPSA) is 71.1 Å². The van der Waals surface area contributed by atoms with E-state index in [4.69, 9.17) is 4.74 Å². The minimum atomic E-state index is -0.358. The number of benzene rings is 2. The number of methoxy groups -OCH3 is 1. The van der Waals surface area contributed by atoms with Gasteiger partial charge in [-0.05, 0) is 37.5 Å². The maximum atomic E-state index is 13.3. The van der Waals surface area contributed by atoms with E-state index in [0.29, 0.717) is 29.1 Å². The first kappa shape index (κ1) is 18.4. The Kier molecular flexibility index (Phi) is 4.31. The third-order valence-corrected chi connectivity index (χ3v) is 5.55. The Labute approximate surface area is 172 Å². The van der Waals surface area contributed by atoms with Crippen molar-refractivity contribution in [1.29, 1.82) is 0 Å². The van der Waals surface area contributed by atoms with Gasteiger partial charge in [0, 0.05) is 18.7 Å². The number of fused-ring (bicyclic) bond motifs is 1. The maximum absolute atomic E-state index is 13.3. The third kappa shape index (κ3) is 3.03. The quantitative estimate of drug-likeness (QED) is 0.514. The Morgan fingerprint density at radius 1 is 1.10 bits per heavy atom. The van der Waals surface area contributed by atoms with Gasteiger partial charge < -0.3 is 9.30 Å². The van der Waals surface area contributed by atoms with Gasteiger partial charge in [0.25, 0.3) is 5.56 Å². The van der Waals surface area contributed by atoms with Crippen molar-refractivity contribution < 1.29 is 4.74 Å². The summed E-state index contributed by atoms with van der Waals surface area (Å²) in [4.78, 5) is 31.1. The fourth-order valence-electron chi connectivity index (χ4n) is 3.80. The summed E-state index contributed by atoms with van der Waals surface area (Å²) >= 11 is 0. The molecule has 1 aliphatic carbocycles. The van der Waals surface area contributed by atoms with E-state index >= 15 is 0 Å². The van der Waals surface area contributed by atoms with Crippen LogP contribution in [0.4, 0.5) is 0 Å². The molecule has 0 radical (unpaired) electrons. The van der Waals surface area contributed by atoms with E-state index in [1.54, 1.807) is 19.5 Å². The van der Waals surface area contributed by atoms with E-state index < -0.39 is 0 Å². The normalized spacial score (nSPS) is 13.7. The van der Waals surface area contributed by atoms with Gasteiger partial charge in [0.1, 0.15) is 5.75 Å². The summed E-state index contributed by atoms with van der Waals surface area (Å²) in [6, 6.07) is 15.4. The molecule has 0 saturated heterocycles. The molecule has 30 heavy (non-hydrogen) atoms. The van der Waals surface area contributed by atoms with Crippen LogP contribution in [0.1, 0.15) is 30.0 Å². The molecule has 2 heterocycles. The second-order valence-corrected chi connectivity index (χ2v) is 7.76. The van der Waals surface area contributed by atoms with Gasteiger partial charge in [0.2, 0.25) is 0 Å². The predicted octanol–water partition coefficient (Wildman–Crippen LogP) is 3.05. The molecule has 1 saturated carbocycles. The molecule has 0 bridgehead atoms. The minimum absolute atomic E-state index is 0.0472. The summed E-state index contributed by atoms with van der Waals surface area (Å²) in [7, 11) is 1.58. The third-order valence-electron chi connectivity index (χ3n) is 5.55. The summed E-state index contributed by atoms with van der Waals surface area (Å²) in [5, 5.41) is 0. The maximum Gasteiger partial charge on any atom is 0.337 e. The lowest BCUT2D eigenvalue weighted by atomic mass is 10.1. The van der Waals surface area contributed by atoms with Crippen LogP contribution < -0.4 is 16.0 Å². The van der Waals surface area contributed by atoms with Gasteiger partial charge in [-0.2, -0.15) is 0 Å².